The first-order valence-electron chi connectivity index (χ1n) is 7.66. The van der Waals surface area contributed by atoms with E-state index in [4.69, 9.17) is 0 Å². The van der Waals surface area contributed by atoms with Crippen LogP contribution >= 0.6 is 0 Å². The van der Waals surface area contributed by atoms with E-state index in [1.54, 1.807) is 0 Å². The van der Waals surface area contributed by atoms with Crippen molar-refractivity contribution in [1.29, 1.82) is 0 Å². The second kappa shape index (κ2) is 6.58. The van der Waals surface area contributed by atoms with Crippen LogP contribution < -0.4 is 5.32 Å². The molecule has 0 spiro atoms. The first kappa shape index (κ1) is 16.0. The third kappa shape index (κ3) is 5.14. The summed E-state index contributed by atoms with van der Waals surface area (Å²) >= 11 is 0. The van der Waals surface area contributed by atoms with Crippen LogP contribution in [-0.4, -0.2) is 54.5 Å². The molecular weight excluding hydrogens is 262 g/mol. The van der Waals surface area contributed by atoms with Crippen LogP contribution in [0.15, 0.2) is 24.3 Å². The number of hydrogen-bond acceptors (Lipinski definition) is 3. The van der Waals surface area contributed by atoms with E-state index in [1.165, 1.54) is 5.56 Å². The molecule has 0 bridgehead atoms. The van der Waals surface area contributed by atoms with E-state index < -0.39 is 0 Å². The van der Waals surface area contributed by atoms with Crippen molar-refractivity contribution in [2.45, 2.75) is 32.9 Å². The van der Waals surface area contributed by atoms with E-state index in [2.05, 4.69) is 28.2 Å². The van der Waals surface area contributed by atoms with Crippen LogP contribution in [-0.2, 0) is 6.54 Å². The molecule has 0 atom stereocenters. The van der Waals surface area contributed by atoms with Gasteiger partial charge in [0.1, 0.15) is 0 Å². The molecule has 1 N–H and O–H groups in total. The number of likely N-dealkylation sites (N-methyl/N-ethyl adjacent to an activating group) is 1. The highest BCUT2D eigenvalue weighted by atomic mass is 16.1. The summed E-state index contributed by atoms with van der Waals surface area (Å²) in [7, 11) is 2.16. The van der Waals surface area contributed by atoms with E-state index in [0.29, 0.717) is 0 Å². The summed E-state index contributed by atoms with van der Waals surface area (Å²) in [6, 6.07) is 7.98. The Kier molecular flexibility index (Phi) is 5.01. The highest BCUT2D eigenvalue weighted by molar-refractivity contribution is 5.94. The van der Waals surface area contributed by atoms with Gasteiger partial charge in [0.05, 0.1) is 0 Å². The van der Waals surface area contributed by atoms with Gasteiger partial charge in [-0.05, 0) is 45.5 Å². The fourth-order valence-corrected chi connectivity index (χ4v) is 2.49. The number of nitrogens with one attached hydrogen (secondary N) is 1. The lowest BCUT2D eigenvalue weighted by atomic mass is 10.1. The Balaban J connectivity index is 1.99. The zero-order valence-electron chi connectivity index (χ0n) is 13.6. The summed E-state index contributed by atoms with van der Waals surface area (Å²) in [4.78, 5) is 17.0. The maximum atomic E-state index is 12.2. The highest BCUT2D eigenvalue weighted by Gasteiger charge is 2.17. The zero-order valence-corrected chi connectivity index (χ0v) is 13.6. The lowest BCUT2D eigenvalue weighted by Crippen LogP contribution is -2.44. The van der Waals surface area contributed by atoms with Crippen LogP contribution in [0.3, 0.4) is 0 Å². The molecule has 1 aromatic carbocycles. The molecule has 1 saturated heterocycles. The number of piperazine rings is 1. The van der Waals surface area contributed by atoms with Gasteiger partial charge in [-0.15, -0.1) is 0 Å². The van der Waals surface area contributed by atoms with Crippen molar-refractivity contribution in [1.82, 2.24) is 15.1 Å². The Morgan fingerprint density at radius 3 is 2.48 bits per heavy atom. The Morgan fingerprint density at radius 1 is 1.19 bits per heavy atom. The van der Waals surface area contributed by atoms with Crippen molar-refractivity contribution < 1.29 is 4.79 Å². The van der Waals surface area contributed by atoms with Crippen molar-refractivity contribution in [3.05, 3.63) is 35.4 Å². The van der Waals surface area contributed by atoms with Crippen LogP contribution in [0.25, 0.3) is 0 Å². The predicted octanol–water partition coefficient (Wildman–Crippen LogP) is 1.96. The number of rotatable bonds is 3. The number of amides is 1. The van der Waals surface area contributed by atoms with Gasteiger partial charge in [0.25, 0.3) is 5.91 Å². The van der Waals surface area contributed by atoms with E-state index in [9.17, 15) is 4.79 Å². The molecule has 1 amide bonds. The predicted molar refractivity (Wildman–Crippen MR) is 86.4 cm³/mol. The van der Waals surface area contributed by atoms with Crippen molar-refractivity contribution in [3.8, 4) is 0 Å². The van der Waals surface area contributed by atoms with Crippen molar-refractivity contribution in [2.75, 3.05) is 33.2 Å². The minimum absolute atomic E-state index is 0.00253. The summed E-state index contributed by atoms with van der Waals surface area (Å²) in [5.41, 5.74) is 1.75. The molecule has 4 heteroatoms. The Bertz CT molecular complexity index is 485. The molecule has 1 heterocycles. The van der Waals surface area contributed by atoms with Crippen LogP contribution in [0.5, 0.6) is 0 Å². The van der Waals surface area contributed by atoms with Gasteiger partial charge in [0.2, 0.25) is 0 Å². The largest absolute Gasteiger partial charge is 0.347 e. The maximum absolute atomic E-state index is 12.2. The molecule has 1 aliphatic heterocycles. The van der Waals surface area contributed by atoms with Crippen molar-refractivity contribution in [2.24, 2.45) is 0 Å². The van der Waals surface area contributed by atoms with Crippen LogP contribution in [0.4, 0.5) is 0 Å². The molecule has 0 unspecified atom stereocenters. The second-order valence-electron chi connectivity index (χ2n) is 6.98. The van der Waals surface area contributed by atoms with Crippen LogP contribution in [0, 0.1) is 0 Å². The van der Waals surface area contributed by atoms with Gasteiger partial charge in [-0.2, -0.15) is 0 Å². The van der Waals surface area contributed by atoms with Gasteiger partial charge in [-0.1, -0.05) is 12.1 Å². The maximum Gasteiger partial charge on any atom is 0.251 e. The van der Waals surface area contributed by atoms with Crippen LogP contribution in [0.2, 0.25) is 0 Å². The van der Waals surface area contributed by atoms with E-state index >= 15 is 0 Å². The number of nitrogens with zero attached hydrogens (tertiary/aromatic N) is 2. The average Bonchev–Trinajstić information content (AvgIpc) is 2.40. The smallest absolute Gasteiger partial charge is 0.251 e. The number of benzene rings is 1. The quantitative estimate of drug-likeness (QED) is 0.924. The van der Waals surface area contributed by atoms with Crippen molar-refractivity contribution >= 4 is 5.91 Å². The monoisotopic (exact) mass is 289 g/mol. The van der Waals surface area contributed by atoms with E-state index in [1.807, 2.05) is 39.0 Å². The summed E-state index contributed by atoms with van der Waals surface area (Å²) in [5.74, 6) is 0.00253. The Morgan fingerprint density at radius 2 is 1.86 bits per heavy atom. The van der Waals surface area contributed by atoms with Crippen molar-refractivity contribution in [3.63, 3.8) is 0 Å². The summed E-state index contributed by atoms with van der Waals surface area (Å²) in [5, 5.41) is 3.01. The third-order valence-electron chi connectivity index (χ3n) is 3.68. The molecule has 1 fully saturated rings. The lowest BCUT2D eigenvalue weighted by molar-refractivity contribution is 0.0919. The lowest BCUT2D eigenvalue weighted by Gasteiger charge is -2.32. The van der Waals surface area contributed by atoms with E-state index in [0.717, 1.165) is 38.3 Å². The minimum Gasteiger partial charge on any atom is -0.347 e. The standard InChI is InChI=1S/C17H27N3O/c1-17(2,3)18-16(21)15-7-5-6-14(12-15)13-20-10-8-19(4)9-11-20/h5-7,12H,8-11,13H2,1-4H3,(H,18,21). The minimum atomic E-state index is -0.204. The topological polar surface area (TPSA) is 35.6 Å². The first-order valence-corrected chi connectivity index (χ1v) is 7.66. The molecule has 0 radical (unpaired) electrons. The van der Waals surface area contributed by atoms with Gasteiger partial charge in [-0.3, -0.25) is 9.69 Å². The van der Waals surface area contributed by atoms with E-state index in [-0.39, 0.29) is 11.4 Å². The molecule has 4 nitrogen and oxygen atoms in total. The highest BCUT2D eigenvalue weighted by Crippen LogP contribution is 2.11. The molecule has 0 aliphatic carbocycles. The SMILES string of the molecule is CN1CCN(Cc2cccc(C(=O)NC(C)(C)C)c2)CC1. The Labute approximate surface area is 128 Å². The molecular formula is C17H27N3O. The summed E-state index contributed by atoms with van der Waals surface area (Å²) < 4.78 is 0. The molecule has 116 valence electrons. The van der Waals surface area contributed by atoms with Gasteiger partial charge in [0.15, 0.2) is 0 Å². The fourth-order valence-electron chi connectivity index (χ4n) is 2.49. The zero-order chi connectivity index (χ0) is 15.5. The number of carbonyl (C=O) groups is 1. The van der Waals surface area contributed by atoms with Crippen LogP contribution in [0.1, 0.15) is 36.7 Å². The fraction of sp³-hybridized carbons (Fsp3) is 0.588. The molecule has 1 aliphatic rings. The molecule has 2 rings (SSSR count). The first-order chi connectivity index (χ1) is 9.83. The average molecular weight is 289 g/mol. The Hall–Kier alpha value is -1.39. The van der Waals surface area contributed by atoms with Gasteiger partial charge in [0, 0.05) is 43.8 Å². The van der Waals surface area contributed by atoms with Gasteiger partial charge >= 0.3 is 0 Å². The second-order valence-corrected chi connectivity index (χ2v) is 6.98. The number of hydrogen-bond donors (Lipinski definition) is 1. The summed E-state index contributed by atoms with van der Waals surface area (Å²) in [6.07, 6.45) is 0. The van der Waals surface area contributed by atoms with Gasteiger partial charge in [-0.25, -0.2) is 0 Å². The molecule has 0 saturated carbocycles. The summed E-state index contributed by atoms with van der Waals surface area (Å²) in [6.45, 7) is 11.3. The van der Waals surface area contributed by atoms with Gasteiger partial charge < -0.3 is 10.2 Å². The third-order valence-corrected chi connectivity index (χ3v) is 3.68. The molecule has 1 aromatic rings. The molecule has 21 heavy (non-hydrogen) atoms. The number of carbonyl (C=O) groups excluding carboxylic acids is 1. The molecule has 0 aromatic heterocycles. The normalized spacial score (nSPS) is 17.7.